The van der Waals surface area contributed by atoms with E-state index in [0.29, 0.717) is 48.6 Å². The molecule has 2 heterocycles. The first-order chi connectivity index (χ1) is 13.0. The monoisotopic (exact) mass is 405 g/mol. The van der Waals surface area contributed by atoms with Crippen molar-refractivity contribution >= 4 is 21.6 Å². The van der Waals surface area contributed by atoms with Gasteiger partial charge in [-0.2, -0.15) is 9.29 Å². The largest absolute Gasteiger partial charge is 0.379 e. The smallest absolute Gasteiger partial charge is 0.258 e. The van der Waals surface area contributed by atoms with Gasteiger partial charge < -0.3 is 9.26 Å². The van der Waals surface area contributed by atoms with E-state index >= 15 is 0 Å². The van der Waals surface area contributed by atoms with Crippen molar-refractivity contribution in [2.45, 2.75) is 4.90 Å². The van der Waals surface area contributed by atoms with Gasteiger partial charge in [0.15, 0.2) is 0 Å². The molecule has 9 heteroatoms. The van der Waals surface area contributed by atoms with Crippen LogP contribution in [0.1, 0.15) is 0 Å². The van der Waals surface area contributed by atoms with Crippen LogP contribution >= 0.6 is 11.6 Å². The number of hydrogen-bond donors (Lipinski definition) is 0. The molecule has 0 N–H and O–H groups in total. The zero-order valence-corrected chi connectivity index (χ0v) is 15.8. The number of hydrogen-bond acceptors (Lipinski definition) is 6. The molecule has 0 atom stereocenters. The second kappa shape index (κ2) is 7.40. The number of benzene rings is 2. The Morgan fingerprint density at radius 3 is 2.22 bits per heavy atom. The van der Waals surface area contributed by atoms with Crippen LogP contribution in [0.25, 0.3) is 22.8 Å². The van der Waals surface area contributed by atoms with Gasteiger partial charge in [-0.15, -0.1) is 0 Å². The van der Waals surface area contributed by atoms with Crippen LogP contribution in [-0.2, 0) is 14.8 Å². The van der Waals surface area contributed by atoms with Crippen LogP contribution in [0.5, 0.6) is 0 Å². The van der Waals surface area contributed by atoms with Crippen LogP contribution in [0.3, 0.4) is 0 Å². The first kappa shape index (κ1) is 18.1. The van der Waals surface area contributed by atoms with E-state index in [1.54, 1.807) is 48.5 Å². The molecular formula is C18H16ClN3O4S. The molecule has 1 aromatic heterocycles. The predicted molar refractivity (Wildman–Crippen MR) is 99.8 cm³/mol. The lowest BCUT2D eigenvalue weighted by Gasteiger charge is -2.26. The molecule has 0 aliphatic carbocycles. The van der Waals surface area contributed by atoms with Crippen LogP contribution < -0.4 is 0 Å². The number of morpholine rings is 1. The highest BCUT2D eigenvalue weighted by Crippen LogP contribution is 2.25. The fourth-order valence-corrected chi connectivity index (χ4v) is 4.30. The molecule has 1 saturated heterocycles. The predicted octanol–water partition coefficient (Wildman–Crippen LogP) is 3.08. The van der Waals surface area contributed by atoms with E-state index in [1.807, 2.05) is 0 Å². The lowest BCUT2D eigenvalue weighted by molar-refractivity contribution is 0.0730. The van der Waals surface area contributed by atoms with Gasteiger partial charge in [0.25, 0.3) is 5.89 Å². The van der Waals surface area contributed by atoms with Gasteiger partial charge in [0.2, 0.25) is 15.8 Å². The van der Waals surface area contributed by atoms with Crippen LogP contribution in [0, 0.1) is 0 Å². The molecule has 7 nitrogen and oxygen atoms in total. The Morgan fingerprint density at radius 2 is 1.56 bits per heavy atom. The minimum absolute atomic E-state index is 0.231. The maximum absolute atomic E-state index is 12.7. The van der Waals surface area contributed by atoms with Crippen molar-refractivity contribution in [2.24, 2.45) is 0 Å². The van der Waals surface area contributed by atoms with Crippen molar-refractivity contribution in [1.82, 2.24) is 14.4 Å². The third-order valence-corrected chi connectivity index (χ3v) is 6.40. The zero-order valence-electron chi connectivity index (χ0n) is 14.2. The van der Waals surface area contributed by atoms with Gasteiger partial charge in [-0.25, -0.2) is 8.42 Å². The molecule has 0 radical (unpaired) electrons. The van der Waals surface area contributed by atoms with Crippen LogP contribution in [0.15, 0.2) is 57.9 Å². The quantitative estimate of drug-likeness (QED) is 0.663. The molecule has 2 aromatic carbocycles. The Hall–Kier alpha value is -2.26. The molecule has 0 saturated carbocycles. The summed E-state index contributed by atoms with van der Waals surface area (Å²) < 4.78 is 37.3. The molecule has 0 amide bonds. The SMILES string of the molecule is O=S(=O)(c1ccc(-c2noc(-c3ccc(Cl)cc3)n2)cc1)N1CCOCC1. The molecule has 1 aliphatic heterocycles. The van der Waals surface area contributed by atoms with Gasteiger partial charge in [0, 0.05) is 29.2 Å². The minimum atomic E-state index is -3.53. The Bertz CT molecular complexity index is 1030. The lowest BCUT2D eigenvalue weighted by Crippen LogP contribution is -2.40. The Morgan fingerprint density at radius 1 is 0.926 bits per heavy atom. The molecular weight excluding hydrogens is 390 g/mol. The molecule has 140 valence electrons. The normalized spacial score (nSPS) is 15.7. The number of sulfonamides is 1. The van der Waals surface area contributed by atoms with E-state index in [1.165, 1.54) is 4.31 Å². The Balaban J connectivity index is 1.57. The van der Waals surface area contributed by atoms with E-state index in [2.05, 4.69) is 10.1 Å². The number of rotatable bonds is 4. The van der Waals surface area contributed by atoms with Crippen molar-refractivity contribution < 1.29 is 17.7 Å². The summed E-state index contributed by atoms with van der Waals surface area (Å²) in [7, 11) is -3.53. The maximum Gasteiger partial charge on any atom is 0.258 e. The van der Waals surface area contributed by atoms with E-state index in [-0.39, 0.29) is 4.90 Å². The fourth-order valence-electron chi connectivity index (χ4n) is 2.76. The Labute approximate surface area is 161 Å². The lowest BCUT2D eigenvalue weighted by atomic mass is 10.2. The summed E-state index contributed by atoms with van der Waals surface area (Å²) in [5, 5.41) is 4.59. The summed E-state index contributed by atoms with van der Waals surface area (Å²) in [6.45, 7) is 1.54. The topological polar surface area (TPSA) is 85.5 Å². The van der Waals surface area contributed by atoms with Gasteiger partial charge in [-0.3, -0.25) is 0 Å². The van der Waals surface area contributed by atoms with Crippen molar-refractivity contribution in [3.8, 4) is 22.8 Å². The number of aromatic nitrogens is 2. The third-order valence-electron chi connectivity index (χ3n) is 4.24. The summed E-state index contributed by atoms with van der Waals surface area (Å²) in [5.74, 6) is 0.752. The molecule has 27 heavy (non-hydrogen) atoms. The van der Waals surface area contributed by atoms with E-state index in [0.717, 1.165) is 5.56 Å². The Kier molecular flexibility index (Phi) is 4.96. The van der Waals surface area contributed by atoms with Crippen LogP contribution in [-0.4, -0.2) is 49.2 Å². The van der Waals surface area contributed by atoms with Gasteiger partial charge >= 0.3 is 0 Å². The maximum atomic E-state index is 12.7. The molecule has 0 spiro atoms. The molecule has 0 bridgehead atoms. The first-order valence-corrected chi connectivity index (χ1v) is 10.1. The van der Waals surface area contributed by atoms with Crippen molar-refractivity contribution in [1.29, 1.82) is 0 Å². The minimum Gasteiger partial charge on any atom is -0.379 e. The number of ether oxygens (including phenoxy) is 1. The summed E-state index contributed by atoms with van der Waals surface area (Å²) in [4.78, 5) is 4.60. The van der Waals surface area contributed by atoms with Gasteiger partial charge in [0.05, 0.1) is 18.1 Å². The molecule has 1 aliphatic rings. The van der Waals surface area contributed by atoms with Gasteiger partial charge in [-0.05, 0) is 48.5 Å². The fraction of sp³-hybridized carbons (Fsp3) is 0.222. The van der Waals surface area contributed by atoms with E-state index in [4.69, 9.17) is 20.9 Å². The number of nitrogens with zero attached hydrogens (tertiary/aromatic N) is 3. The van der Waals surface area contributed by atoms with Gasteiger partial charge in [0.1, 0.15) is 0 Å². The first-order valence-electron chi connectivity index (χ1n) is 8.32. The highest BCUT2D eigenvalue weighted by molar-refractivity contribution is 7.89. The van der Waals surface area contributed by atoms with Crippen molar-refractivity contribution in [3.05, 3.63) is 53.6 Å². The number of halogens is 1. The van der Waals surface area contributed by atoms with Gasteiger partial charge in [-0.1, -0.05) is 16.8 Å². The summed E-state index contributed by atoms with van der Waals surface area (Å²) >= 11 is 5.88. The molecule has 1 fully saturated rings. The average Bonchev–Trinajstić information content (AvgIpc) is 3.19. The van der Waals surface area contributed by atoms with Crippen molar-refractivity contribution in [2.75, 3.05) is 26.3 Å². The third kappa shape index (κ3) is 3.74. The van der Waals surface area contributed by atoms with Crippen molar-refractivity contribution in [3.63, 3.8) is 0 Å². The van der Waals surface area contributed by atoms with Crippen LogP contribution in [0.2, 0.25) is 5.02 Å². The highest BCUT2D eigenvalue weighted by atomic mass is 35.5. The summed E-state index contributed by atoms with van der Waals surface area (Å²) in [6, 6.07) is 13.5. The highest BCUT2D eigenvalue weighted by Gasteiger charge is 2.26. The van der Waals surface area contributed by atoms with E-state index < -0.39 is 10.0 Å². The molecule has 4 rings (SSSR count). The summed E-state index contributed by atoms with van der Waals surface area (Å²) in [6.07, 6.45) is 0. The second-order valence-electron chi connectivity index (χ2n) is 5.97. The molecule has 3 aromatic rings. The zero-order chi connectivity index (χ0) is 18.9. The van der Waals surface area contributed by atoms with E-state index in [9.17, 15) is 8.42 Å². The molecule has 0 unspecified atom stereocenters. The standard InChI is InChI=1S/C18H16ClN3O4S/c19-15-5-1-14(2-6-15)18-20-17(21-26-18)13-3-7-16(8-4-13)27(23,24)22-9-11-25-12-10-22/h1-8H,9-12H2. The van der Waals surface area contributed by atoms with Crippen LogP contribution in [0.4, 0.5) is 0 Å². The second-order valence-corrected chi connectivity index (χ2v) is 8.35. The average molecular weight is 406 g/mol. The summed E-state index contributed by atoms with van der Waals surface area (Å²) in [5.41, 5.74) is 1.42.